The first-order chi connectivity index (χ1) is 6.22. The molecule has 1 rings (SSSR count). The van der Waals surface area contributed by atoms with Gasteiger partial charge in [-0.05, 0) is 12.8 Å². The molecule has 0 aliphatic heterocycles. The maximum absolute atomic E-state index is 8.25. The van der Waals surface area contributed by atoms with E-state index < -0.39 is 12.9 Å². The first-order valence-electron chi connectivity index (χ1n) is 4.09. The predicted octanol–water partition coefficient (Wildman–Crippen LogP) is -7.82. The van der Waals surface area contributed by atoms with E-state index >= 15 is 0 Å². The number of hydrogen-bond acceptors (Lipinski definition) is 6. The third kappa shape index (κ3) is 48.7. The molecule has 5 N–H and O–H groups in total. The minimum absolute atomic E-state index is 0. The smallest absolute Gasteiger partial charge is 1.00 e. The van der Waals surface area contributed by atoms with Crippen LogP contribution in [0.1, 0.15) is 32.1 Å². The number of halogens is 2. The van der Waals surface area contributed by atoms with Gasteiger partial charge in [0.2, 0.25) is 0 Å². The zero-order valence-electron chi connectivity index (χ0n) is 9.26. The zero-order valence-corrected chi connectivity index (χ0v) is 13.0. The van der Waals surface area contributed by atoms with Crippen molar-refractivity contribution in [2.75, 3.05) is 0 Å². The molecule has 0 spiro atoms. The number of hydrogen-bond donors (Lipinski definition) is 2. The van der Waals surface area contributed by atoms with Crippen LogP contribution in [-0.4, -0.2) is 19.0 Å². The second-order valence-corrected chi connectivity index (χ2v) is 2.59. The average Bonchev–Trinajstić information content (AvgIpc) is 2.08. The maximum Gasteiger partial charge on any atom is 4.00 e. The van der Waals surface area contributed by atoms with Crippen molar-refractivity contribution >= 4 is 12.9 Å². The van der Waals surface area contributed by atoms with E-state index in [-0.39, 0.29) is 52.0 Å². The Kier molecular flexibility index (Phi) is 76.2. The SMILES string of the molecule is N.NC1CCCCC1.O=C[O-].O=C[O-].[Cl-].[Cl-].[Pt+4]. The summed E-state index contributed by atoms with van der Waals surface area (Å²) in [5, 5.41) is 16.5. The van der Waals surface area contributed by atoms with Crippen LogP contribution in [0.25, 0.3) is 0 Å². The van der Waals surface area contributed by atoms with E-state index in [0.717, 1.165) is 0 Å². The van der Waals surface area contributed by atoms with Gasteiger partial charge in [-0.25, -0.2) is 0 Å². The van der Waals surface area contributed by atoms with Gasteiger partial charge in [0.15, 0.2) is 0 Å². The van der Waals surface area contributed by atoms with Crippen molar-refractivity contribution in [1.82, 2.24) is 6.15 Å². The molecule has 0 atom stereocenters. The molecule has 1 aliphatic carbocycles. The molecule has 0 amide bonds. The molecule has 1 saturated carbocycles. The monoisotopic (exact) mass is 471 g/mol. The maximum atomic E-state index is 8.25. The molecule has 1 aliphatic rings. The van der Waals surface area contributed by atoms with Gasteiger partial charge in [0.1, 0.15) is 0 Å². The van der Waals surface area contributed by atoms with E-state index in [1.54, 1.807) is 0 Å². The third-order valence-electron chi connectivity index (χ3n) is 1.65. The van der Waals surface area contributed by atoms with Crippen molar-refractivity contribution in [2.45, 2.75) is 38.1 Å². The Bertz CT molecular complexity index is 124. The van der Waals surface area contributed by atoms with E-state index in [4.69, 9.17) is 25.5 Å². The number of carbonyl (C=O) groups is 2. The Morgan fingerprint density at radius 1 is 0.941 bits per heavy atom. The fourth-order valence-electron chi connectivity index (χ4n) is 1.13. The number of nitrogens with two attached hydrogens (primary N) is 1. The van der Waals surface area contributed by atoms with Gasteiger partial charge in [0, 0.05) is 19.0 Å². The fourth-order valence-corrected chi connectivity index (χ4v) is 1.13. The van der Waals surface area contributed by atoms with Crippen LogP contribution in [0.2, 0.25) is 0 Å². The number of carbonyl (C=O) groups excluding carboxylic acids is 2. The van der Waals surface area contributed by atoms with Crippen molar-refractivity contribution < 1.29 is 65.7 Å². The first kappa shape index (κ1) is 36.0. The van der Waals surface area contributed by atoms with Crippen molar-refractivity contribution in [1.29, 1.82) is 0 Å². The topological polar surface area (TPSA) is 141 Å². The van der Waals surface area contributed by atoms with Crippen LogP contribution >= 0.6 is 0 Å². The van der Waals surface area contributed by atoms with Gasteiger partial charge in [0.05, 0.1) is 0 Å². The van der Waals surface area contributed by atoms with E-state index in [1.165, 1.54) is 32.1 Å². The Morgan fingerprint density at radius 2 is 1.18 bits per heavy atom. The Morgan fingerprint density at radius 3 is 1.29 bits per heavy atom. The minimum atomic E-state index is -0.500. The molecule has 0 unspecified atom stereocenters. The van der Waals surface area contributed by atoms with Gasteiger partial charge >= 0.3 is 21.1 Å². The van der Waals surface area contributed by atoms with Gasteiger partial charge in [0.25, 0.3) is 0 Å². The van der Waals surface area contributed by atoms with Crippen LogP contribution < -0.4 is 46.9 Å². The third-order valence-corrected chi connectivity index (χ3v) is 1.65. The summed E-state index contributed by atoms with van der Waals surface area (Å²) < 4.78 is 0. The minimum Gasteiger partial charge on any atom is -1.00 e. The summed E-state index contributed by atoms with van der Waals surface area (Å²) in [6.07, 6.45) is 6.66. The molecule has 0 aromatic rings. The number of rotatable bonds is 0. The van der Waals surface area contributed by atoms with Gasteiger partial charge < -0.3 is 56.5 Å². The van der Waals surface area contributed by atoms with Crippen molar-refractivity contribution in [2.24, 2.45) is 5.73 Å². The molecule has 17 heavy (non-hydrogen) atoms. The van der Waals surface area contributed by atoms with Crippen LogP contribution in [0.3, 0.4) is 0 Å². The first-order valence-corrected chi connectivity index (χ1v) is 4.09. The Hall–Kier alpha value is 0.128. The normalized spacial score (nSPS) is 11.8. The van der Waals surface area contributed by atoms with E-state index in [1.807, 2.05) is 0 Å². The molecule has 0 radical (unpaired) electrons. The molecular formula is C8H18Cl2N2O4Pt. The predicted molar refractivity (Wildman–Crippen MR) is 48.2 cm³/mol. The molecule has 0 aromatic heterocycles. The van der Waals surface area contributed by atoms with Gasteiger partial charge in [-0.3, -0.25) is 0 Å². The van der Waals surface area contributed by atoms with Gasteiger partial charge in [-0.15, -0.1) is 0 Å². The summed E-state index contributed by atoms with van der Waals surface area (Å²) in [6.45, 7) is -1.00. The molecule has 108 valence electrons. The van der Waals surface area contributed by atoms with Crippen LogP contribution in [0, 0.1) is 0 Å². The quantitative estimate of drug-likeness (QED) is 0.336. The molecule has 1 fully saturated rings. The van der Waals surface area contributed by atoms with Crippen molar-refractivity contribution in [3.05, 3.63) is 0 Å². The molecule has 9 heteroatoms. The van der Waals surface area contributed by atoms with Crippen molar-refractivity contribution in [3.8, 4) is 0 Å². The largest absolute Gasteiger partial charge is 4.00 e. The Labute approximate surface area is 128 Å². The Balaban J connectivity index is -0.0000000271. The van der Waals surface area contributed by atoms with Crippen molar-refractivity contribution in [3.63, 3.8) is 0 Å². The molecule has 0 bridgehead atoms. The van der Waals surface area contributed by atoms with E-state index in [2.05, 4.69) is 0 Å². The summed E-state index contributed by atoms with van der Waals surface area (Å²) in [5.41, 5.74) is 5.63. The summed E-state index contributed by atoms with van der Waals surface area (Å²) >= 11 is 0. The average molecular weight is 472 g/mol. The van der Waals surface area contributed by atoms with Crippen LogP contribution in [-0.2, 0) is 30.7 Å². The summed E-state index contributed by atoms with van der Waals surface area (Å²) in [6, 6.07) is 0.536. The summed E-state index contributed by atoms with van der Waals surface area (Å²) in [5.74, 6) is 0. The molecular weight excluding hydrogens is 454 g/mol. The second kappa shape index (κ2) is 36.0. The van der Waals surface area contributed by atoms with Crippen LogP contribution in [0.15, 0.2) is 0 Å². The molecule has 0 heterocycles. The summed E-state index contributed by atoms with van der Waals surface area (Å²) in [4.78, 5) is 16.5. The second-order valence-electron chi connectivity index (χ2n) is 2.59. The molecule has 0 saturated heterocycles. The van der Waals surface area contributed by atoms with Crippen LogP contribution in [0.5, 0.6) is 0 Å². The van der Waals surface area contributed by atoms with Gasteiger partial charge in [-0.2, -0.15) is 0 Å². The van der Waals surface area contributed by atoms with E-state index in [9.17, 15) is 0 Å². The standard InChI is InChI=1S/C6H13N.2CH2O2.2ClH.H3N.Pt/c7-6-4-2-1-3-5-6;2*2-1-3;;;;/h6H,1-5,7H2;2*1H,(H,2,3);2*1H;1H3;/q;;;;;;+4/p-4. The fraction of sp³-hybridized carbons (Fsp3) is 0.750. The molecule has 6 nitrogen and oxygen atoms in total. The molecule has 0 aromatic carbocycles. The zero-order chi connectivity index (χ0) is 10.5. The van der Waals surface area contributed by atoms with Crippen LogP contribution in [0.4, 0.5) is 0 Å². The van der Waals surface area contributed by atoms with E-state index in [0.29, 0.717) is 6.04 Å². The van der Waals surface area contributed by atoms with Gasteiger partial charge in [-0.1, -0.05) is 19.3 Å². The summed E-state index contributed by atoms with van der Waals surface area (Å²) in [7, 11) is 0. The number of carboxylic acid groups (broad SMARTS) is 2.